The smallest absolute Gasteiger partial charge is 0.417 e. The number of rotatable bonds is 5. The van der Waals surface area contributed by atoms with Crippen molar-refractivity contribution in [1.29, 1.82) is 0 Å². The third-order valence-corrected chi connectivity index (χ3v) is 3.10. The second kappa shape index (κ2) is 8.26. The van der Waals surface area contributed by atoms with Gasteiger partial charge in [0.2, 0.25) is 5.88 Å². The summed E-state index contributed by atoms with van der Waals surface area (Å²) in [5, 5.41) is 8.46. The van der Waals surface area contributed by atoms with Crippen molar-refractivity contribution >= 4 is 17.6 Å². The second-order valence-corrected chi connectivity index (χ2v) is 5.09. The minimum atomic E-state index is -4.55. The molecule has 0 saturated carbocycles. The van der Waals surface area contributed by atoms with E-state index in [1.165, 1.54) is 31.2 Å². The summed E-state index contributed by atoms with van der Waals surface area (Å²) in [5.74, 6) is -0.753. The molecule has 25 heavy (non-hydrogen) atoms. The average molecular weight is 397 g/mol. The van der Waals surface area contributed by atoms with Crippen LogP contribution in [0.5, 0.6) is 17.4 Å². The van der Waals surface area contributed by atoms with Gasteiger partial charge >= 0.3 is 12.1 Å². The zero-order valence-electron chi connectivity index (χ0n) is 12.6. The molecule has 1 N–H and O–H groups in total. The molecule has 0 spiro atoms. The Morgan fingerprint density at radius 1 is 1.24 bits per heavy atom. The maximum absolute atomic E-state index is 12.5. The van der Waals surface area contributed by atoms with Crippen LogP contribution in [0.15, 0.2) is 36.5 Å². The van der Waals surface area contributed by atoms with E-state index in [2.05, 4.69) is 4.98 Å². The molecule has 1 atom stereocenters. The van der Waals surface area contributed by atoms with Crippen molar-refractivity contribution in [2.24, 2.45) is 0 Å². The summed E-state index contributed by atoms with van der Waals surface area (Å²) in [5.41, 5.74) is -0.980. The SMILES string of the molecule is CC(Oc1ccc(Oc2ncc(C(F)(F)F)cc2Cl)cc1)C(=O)O.[Cl-]. The number of carboxylic acids is 1. The number of aliphatic carboxylic acids is 1. The number of hydrogen-bond acceptors (Lipinski definition) is 4. The maximum atomic E-state index is 12.5. The van der Waals surface area contributed by atoms with Crippen molar-refractivity contribution in [2.45, 2.75) is 19.2 Å². The van der Waals surface area contributed by atoms with Crippen molar-refractivity contribution in [3.05, 3.63) is 47.1 Å². The third kappa shape index (κ3) is 5.68. The van der Waals surface area contributed by atoms with E-state index in [9.17, 15) is 18.0 Å². The molecule has 0 aliphatic carbocycles. The van der Waals surface area contributed by atoms with Crippen molar-refractivity contribution in [3.8, 4) is 17.4 Å². The summed E-state index contributed by atoms with van der Waals surface area (Å²) in [7, 11) is 0. The van der Waals surface area contributed by atoms with E-state index in [0.29, 0.717) is 11.9 Å². The molecule has 1 aromatic carbocycles. The summed E-state index contributed by atoms with van der Waals surface area (Å²) in [6.45, 7) is 1.37. The number of benzene rings is 1. The van der Waals surface area contributed by atoms with E-state index >= 15 is 0 Å². The number of halogens is 5. The van der Waals surface area contributed by atoms with E-state index < -0.39 is 23.8 Å². The van der Waals surface area contributed by atoms with Crippen LogP contribution in [0.2, 0.25) is 5.02 Å². The lowest BCUT2D eigenvalue weighted by atomic mass is 10.3. The summed E-state index contributed by atoms with van der Waals surface area (Å²) >= 11 is 5.74. The molecule has 2 aromatic rings. The van der Waals surface area contributed by atoms with Crippen LogP contribution in [-0.2, 0) is 11.0 Å². The van der Waals surface area contributed by atoms with Gasteiger partial charge in [0.05, 0.1) is 5.56 Å². The Bertz CT molecular complexity index is 739. The molecule has 136 valence electrons. The fourth-order valence-electron chi connectivity index (χ4n) is 1.61. The Kier molecular flexibility index (Phi) is 6.89. The molecule has 1 unspecified atom stereocenters. The highest BCUT2D eigenvalue weighted by Crippen LogP contribution is 2.34. The molecule has 0 amide bonds. The molecule has 10 heteroatoms. The van der Waals surface area contributed by atoms with Crippen LogP contribution in [0.4, 0.5) is 13.2 Å². The number of alkyl halides is 3. The second-order valence-electron chi connectivity index (χ2n) is 4.68. The van der Waals surface area contributed by atoms with Crippen LogP contribution in [0.25, 0.3) is 0 Å². The van der Waals surface area contributed by atoms with Gasteiger partial charge in [-0.2, -0.15) is 13.2 Å². The van der Waals surface area contributed by atoms with Gasteiger partial charge in [0.25, 0.3) is 0 Å². The van der Waals surface area contributed by atoms with Crippen LogP contribution >= 0.6 is 11.6 Å². The van der Waals surface area contributed by atoms with Gasteiger partial charge < -0.3 is 27.0 Å². The number of carboxylic acid groups (broad SMARTS) is 1. The number of hydrogen-bond donors (Lipinski definition) is 1. The van der Waals surface area contributed by atoms with E-state index in [4.69, 9.17) is 26.2 Å². The van der Waals surface area contributed by atoms with Crippen LogP contribution in [0, 0.1) is 0 Å². The van der Waals surface area contributed by atoms with Gasteiger partial charge in [0.15, 0.2) is 6.10 Å². The van der Waals surface area contributed by atoms with Crippen LogP contribution in [-0.4, -0.2) is 22.2 Å². The Labute approximate surface area is 151 Å². The fourth-order valence-corrected chi connectivity index (χ4v) is 1.81. The van der Waals surface area contributed by atoms with Gasteiger partial charge in [-0.15, -0.1) is 0 Å². The molecule has 0 radical (unpaired) electrons. The molecule has 2 rings (SSSR count). The van der Waals surface area contributed by atoms with E-state index in [-0.39, 0.29) is 29.1 Å². The maximum Gasteiger partial charge on any atom is 0.417 e. The summed E-state index contributed by atoms with van der Waals surface area (Å²) in [6.07, 6.45) is -4.95. The van der Waals surface area contributed by atoms with Crippen molar-refractivity contribution in [2.75, 3.05) is 0 Å². The topological polar surface area (TPSA) is 68.7 Å². The minimum Gasteiger partial charge on any atom is -1.00 e. The highest BCUT2D eigenvalue weighted by molar-refractivity contribution is 6.31. The highest BCUT2D eigenvalue weighted by Gasteiger charge is 2.31. The average Bonchev–Trinajstić information content (AvgIpc) is 2.50. The van der Waals surface area contributed by atoms with Crippen molar-refractivity contribution < 1.29 is 45.0 Å². The lowest BCUT2D eigenvalue weighted by Crippen LogP contribution is -3.00. The first-order valence-electron chi connectivity index (χ1n) is 6.57. The molecule has 0 aliphatic rings. The van der Waals surface area contributed by atoms with E-state index in [1.54, 1.807) is 0 Å². The standard InChI is InChI=1S/C15H11ClF3NO4.ClH/c1-8(14(21)22)23-10-2-4-11(5-3-10)24-13-12(16)6-9(7-20-13)15(17,18)19;/h2-8H,1H3,(H,21,22);1H/p-1. The Hall–Kier alpha value is -2.19. The zero-order valence-corrected chi connectivity index (χ0v) is 14.1. The quantitative estimate of drug-likeness (QED) is 0.827. The van der Waals surface area contributed by atoms with Gasteiger partial charge in [0, 0.05) is 6.20 Å². The summed E-state index contributed by atoms with van der Waals surface area (Å²) < 4.78 is 48.0. The molecule has 0 aliphatic heterocycles. The van der Waals surface area contributed by atoms with Gasteiger partial charge in [-0.25, -0.2) is 9.78 Å². The monoisotopic (exact) mass is 396 g/mol. The lowest BCUT2D eigenvalue weighted by molar-refractivity contribution is -0.144. The number of aromatic nitrogens is 1. The number of nitrogens with zero attached hydrogens (tertiary/aromatic N) is 1. The predicted molar refractivity (Wildman–Crippen MR) is 78.5 cm³/mol. The predicted octanol–water partition coefficient (Wildman–Crippen LogP) is 1.40. The highest BCUT2D eigenvalue weighted by atomic mass is 35.5. The molecular weight excluding hydrogens is 386 g/mol. The van der Waals surface area contributed by atoms with Crippen LogP contribution in [0.1, 0.15) is 12.5 Å². The van der Waals surface area contributed by atoms with E-state index in [1.807, 2.05) is 0 Å². The summed E-state index contributed by atoms with van der Waals surface area (Å²) in [4.78, 5) is 14.2. The van der Waals surface area contributed by atoms with Crippen LogP contribution in [0.3, 0.4) is 0 Å². The van der Waals surface area contributed by atoms with Gasteiger partial charge in [0.1, 0.15) is 16.5 Å². The lowest BCUT2D eigenvalue weighted by Gasteiger charge is -2.12. The Balaban J connectivity index is 0.00000312. The molecular formula is C15H11Cl2F3NO4-. The van der Waals surface area contributed by atoms with Gasteiger partial charge in [-0.05, 0) is 37.3 Å². The van der Waals surface area contributed by atoms with E-state index in [0.717, 1.165) is 6.07 Å². The normalized spacial score (nSPS) is 12.0. The number of carbonyl (C=O) groups is 1. The third-order valence-electron chi connectivity index (χ3n) is 2.83. The Morgan fingerprint density at radius 2 is 1.80 bits per heavy atom. The molecule has 0 saturated heterocycles. The molecule has 1 aromatic heterocycles. The van der Waals surface area contributed by atoms with Gasteiger partial charge in [-0.1, -0.05) is 11.6 Å². The van der Waals surface area contributed by atoms with Gasteiger partial charge in [-0.3, -0.25) is 0 Å². The molecule has 1 heterocycles. The van der Waals surface area contributed by atoms with Crippen molar-refractivity contribution in [1.82, 2.24) is 4.98 Å². The van der Waals surface area contributed by atoms with Crippen LogP contribution < -0.4 is 21.9 Å². The molecule has 0 bridgehead atoms. The first-order valence-corrected chi connectivity index (χ1v) is 6.94. The number of ether oxygens (including phenoxy) is 2. The molecule has 5 nitrogen and oxygen atoms in total. The first-order chi connectivity index (χ1) is 11.2. The Morgan fingerprint density at radius 3 is 2.28 bits per heavy atom. The number of pyridine rings is 1. The summed E-state index contributed by atoms with van der Waals surface area (Å²) in [6, 6.07) is 6.51. The fraction of sp³-hybridized carbons (Fsp3) is 0.200. The zero-order chi connectivity index (χ0) is 17.9. The molecule has 0 fully saturated rings. The largest absolute Gasteiger partial charge is 1.00 e. The minimum absolute atomic E-state index is 0. The first kappa shape index (κ1) is 20.9. The van der Waals surface area contributed by atoms with Crippen molar-refractivity contribution in [3.63, 3.8) is 0 Å².